The molecular formula is C29H31N3O2. The molecule has 0 saturated heterocycles. The zero-order valence-corrected chi connectivity index (χ0v) is 20.2. The van der Waals surface area contributed by atoms with E-state index in [0.29, 0.717) is 24.5 Å². The van der Waals surface area contributed by atoms with Crippen molar-refractivity contribution in [2.45, 2.75) is 46.2 Å². The number of benzene rings is 3. The Kier molecular flexibility index (Phi) is 6.55. The quantitative estimate of drug-likeness (QED) is 0.383. The van der Waals surface area contributed by atoms with Gasteiger partial charge >= 0.3 is 0 Å². The van der Waals surface area contributed by atoms with Gasteiger partial charge in [-0.1, -0.05) is 75.4 Å². The number of aromatic nitrogens is 1. The van der Waals surface area contributed by atoms with Crippen LogP contribution in [0.3, 0.4) is 0 Å². The molecule has 0 fully saturated rings. The van der Waals surface area contributed by atoms with Crippen molar-refractivity contribution in [2.75, 3.05) is 5.32 Å². The van der Waals surface area contributed by atoms with Crippen LogP contribution in [-0.2, 0) is 23.3 Å². The van der Waals surface area contributed by atoms with Gasteiger partial charge in [-0.15, -0.1) is 0 Å². The second-order valence-corrected chi connectivity index (χ2v) is 9.69. The lowest BCUT2D eigenvalue weighted by Crippen LogP contribution is -2.25. The van der Waals surface area contributed by atoms with Gasteiger partial charge < -0.3 is 15.2 Å². The third-order valence-electron chi connectivity index (χ3n) is 5.91. The van der Waals surface area contributed by atoms with Gasteiger partial charge in [-0.05, 0) is 46.4 Å². The highest BCUT2D eigenvalue weighted by Gasteiger charge is 2.18. The molecule has 5 heteroatoms. The average molecular weight is 454 g/mol. The topological polar surface area (TPSA) is 63.1 Å². The number of nitrogens with one attached hydrogen (secondary N) is 2. The monoisotopic (exact) mass is 453 g/mol. The van der Waals surface area contributed by atoms with Gasteiger partial charge in [0, 0.05) is 36.6 Å². The van der Waals surface area contributed by atoms with Crippen LogP contribution >= 0.6 is 0 Å². The summed E-state index contributed by atoms with van der Waals surface area (Å²) < 4.78 is 2.04. The highest BCUT2D eigenvalue weighted by molar-refractivity contribution is 6.00. The number of fused-ring (bicyclic) bond motifs is 1. The Morgan fingerprint density at radius 3 is 2.21 bits per heavy atom. The number of rotatable bonds is 6. The molecule has 0 aliphatic heterocycles. The normalized spacial score (nSPS) is 11.4. The van der Waals surface area contributed by atoms with E-state index >= 15 is 0 Å². The molecule has 174 valence electrons. The van der Waals surface area contributed by atoms with Crippen LogP contribution in [0.4, 0.5) is 5.69 Å². The summed E-state index contributed by atoms with van der Waals surface area (Å²) >= 11 is 0. The van der Waals surface area contributed by atoms with Crippen molar-refractivity contribution in [3.63, 3.8) is 0 Å². The molecule has 2 N–H and O–H groups in total. The smallest absolute Gasteiger partial charge is 0.268 e. The first-order chi connectivity index (χ1) is 16.2. The van der Waals surface area contributed by atoms with Crippen molar-refractivity contribution in [3.8, 4) is 0 Å². The molecular weight excluding hydrogens is 422 g/mol. The van der Waals surface area contributed by atoms with Crippen LogP contribution in [0.15, 0.2) is 78.9 Å². The van der Waals surface area contributed by atoms with E-state index in [4.69, 9.17) is 0 Å². The number of nitrogens with zero attached hydrogens (tertiary/aromatic N) is 1. The molecule has 4 rings (SSSR count). The lowest BCUT2D eigenvalue weighted by Gasteiger charge is -2.19. The van der Waals surface area contributed by atoms with Gasteiger partial charge in [0.25, 0.3) is 5.91 Å². The van der Waals surface area contributed by atoms with Crippen molar-refractivity contribution in [2.24, 2.45) is 0 Å². The summed E-state index contributed by atoms with van der Waals surface area (Å²) in [5.41, 5.74) is 5.76. The Morgan fingerprint density at radius 1 is 0.853 bits per heavy atom. The Balaban J connectivity index is 1.68. The maximum atomic E-state index is 13.2. The van der Waals surface area contributed by atoms with E-state index < -0.39 is 0 Å². The average Bonchev–Trinajstić information content (AvgIpc) is 3.15. The SMILES string of the molecule is CC(=O)Nc1ccc2c(c1)cc(C(=O)NCc1ccccc1)n2Cc1ccc(C(C)(C)C)cc1. The standard InChI is InChI=1S/C29H31N3O2/c1-20(33)31-25-14-15-26-23(16-25)17-27(28(34)30-18-21-8-6-5-7-9-21)32(26)19-22-10-12-24(13-11-22)29(2,3)4/h5-17H,18-19H2,1-4H3,(H,30,34)(H,31,33). The fourth-order valence-electron chi connectivity index (χ4n) is 4.07. The summed E-state index contributed by atoms with van der Waals surface area (Å²) in [6.07, 6.45) is 0. The Bertz CT molecular complexity index is 1310. The molecule has 0 aliphatic carbocycles. The van der Waals surface area contributed by atoms with Crippen LogP contribution in [0, 0.1) is 0 Å². The van der Waals surface area contributed by atoms with E-state index in [1.165, 1.54) is 12.5 Å². The molecule has 1 aromatic heterocycles. The molecule has 34 heavy (non-hydrogen) atoms. The summed E-state index contributed by atoms with van der Waals surface area (Å²) in [6.45, 7) is 9.11. The fraction of sp³-hybridized carbons (Fsp3) is 0.241. The number of carbonyl (C=O) groups excluding carboxylic acids is 2. The van der Waals surface area contributed by atoms with Crippen molar-refractivity contribution >= 4 is 28.4 Å². The van der Waals surface area contributed by atoms with Gasteiger partial charge in [0.05, 0.1) is 0 Å². The van der Waals surface area contributed by atoms with Crippen LogP contribution in [0.25, 0.3) is 10.9 Å². The minimum absolute atomic E-state index is 0.0846. The summed E-state index contributed by atoms with van der Waals surface area (Å²) in [5.74, 6) is -0.258. The highest BCUT2D eigenvalue weighted by atomic mass is 16.2. The molecule has 0 saturated carbocycles. The number of anilines is 1. The minimum atomic E-state index is -0.132. The minimum Gasteiger partial charge on any atom is -0.347 e. The van der Waals surface area contributed by atoms with E-state index in [1.54, 1.807) is 0 Å². The van der Waals surface area contributed by atoms with Gasteiger partial charge in [-0.3, -0.25) is 9.59 Å². The molecule has 0 radical (unpaired) electrons. The third-order valence-corrected chi connectivity index (χ3v) is 5.91. The fourth-order valence-corrected chi connectivity index (χ4v) is 4.07. The zero-order valence-electron chi connectivity index (χ0n) is 20.2. The molecule has 0 spiro atoms. The van der Waals surface area contributed by atoms with Crippen LogP contribution in [-0.4, -0.2) is 16.4 Å². The van der Waals surface area contributed by atoms with Gasteiger partial charge in [0.2, 0.25) is 5.91 Å². The first-order valence-corrected chi connectivity index (χ1v) is 11.5. The third kappa shape index (κ3) is 5.37. The van der Waals surface area contributed by atoms with Gasteiger partial charge in [-0.25, -0.2) is 0 Å². The second-order valence-electron chi connectivity index (χ2n) is 9.69. The molecule has 0 bridgehead atoms. The lowest BCUT2D eigenvalue weighted by molar-refractivity contribution is -0.114. The Labute approximate surface area is 200 Å². The summed E-state index contributed by atoms with van der Waals surface area (Å²) in [4.78, 5) is 24.8. The predicted octanol–water partition coefficient (Wildman–Crippen LogP) is 5.88. The second kappa shape index (κ2) is 9.56. The van der Waals surface area contributed by atoms with Crippen molar-refractivity contribution in [1.29, 1.82) is 0 Å². The molecule has 0 unspecified atom stereocenters. The van der Waals surface area contributed by atoms with Crippen LogP contribution in [0.1, 0.15) is 54.9 Å². The van der Waals surface area contributed by atoms with Gasteiger partial charge in [0.1, 0.15) is 5.69 Å². The zero-order chi connectivity index (χ0) is 24.3. The molecule has 3 aromatic carbocycles. The van der Waals surface area contributed by atoms with E-state index in [1.807, 2.05) is 59.2 Å². The van der Waals surface area contributed by atoms with Gasteiger partial charge in [0.15, 0.2) is 0 Å². The maximum Gasteiger partial charge on any atom is 0.268 e. The van der Waals surface area contributed by atoms with Crippen molar-refractivity contribution < 1.29 is 9.59 Å². The summed E-state index contributed by atoms with van der Waals surface area (Å²) in [6, 6.07) is 26.1. The van der Waals surface area contributed by atoms with E-state index in [-0.39, 0.29) is 17.2 Å². The van der Waals surface area contributed by atoms with E-state index in [2.05, 4.69) is 55.7 Å². The van der Waals surface area contributed by atoms with Crippen LogP contribution in [0.2, 0.25) is 0 Å². The molecule has 2 amide bonds. The maximum absolute atomic E-state index is 13.2. The number of hydrogen-bond donors (Lipinski definition) is 2. The first kappa shape index (κ1) is 23.3. The molecule has 0 atom stereocenters. The largest absolute Gasteiger partial charge is 0.347 e. The first-order valence-electron chi connectivity index (χ1n) is 11.5. The molecule has 5 nitrogen and oxygen atoms in total. The summed E-state index contributed by atoms with van der Waals surface area (Å²) in [5, 5.41) is 6.78. The Morgan fingerprint density at radius 2 is 1.56 bits per heavy atom. The van der Waals surface area contributed by atoms with Crippen molar-refractivity contribution in [1.82, 2.24) is 9.88 Å². The number of amides is 2. The van der Waals surface area contributed by atoms with Gasteiger partial charge in [-0.2, -0.15) is 0 Å². The molecule has 4 aromatic rings. The predicted molar refractivity (Wildman–Crippen MR) is 138 cm³/mol. The molecule has 0 aliphatic rings. The number of carbonyl (C=O) groups is 2. The molecule has 1 heterocycles. The highest BCUT2D eigenvalue weighted by Crippen LogP contribution is 2.26. The Hall–Kier alpha value is -3.86. The van der Waals surface area contributed by atoms with Crippen molar-refractivity contribution in [3.05, 3.63) is 101 Å². The van der Waals surface area contributed by atoms with E-state index in [9.17, 15) is 9.59 Å². The lowest BCUT2D eigenvalue weighted by atomic mass is 9.87. The summed E-state index contributed by atoms with van der Waals surface area (Å²) in [7, 11) is 0. The van der Waals surface area contributed by atoms with E-state index in [0.717, 1.165) is 22.0 Å². The van der Waals surface area contributed by atoms with Crippen LogP contribution < -0.4 is 10.6 Å². The number of hydrogen-bond acceptors (Lipinski definition) is 2. The van der Waals surface area contributed by atoms with Crippen LogP contribution in [0.5, 0.6) is 0 Å².